The maximum absolute atomic E-state index is 7.07. The van der Waals surface area contributed by atoms with Crippen LogP contribution in [0.5, 0.6) is 0 Å². The van der Waals surface area contributed by atoms with E-state index in [1.807, 2.05) is 96.4 Å². The van der Waals surface area contributed by atoms with E-state index in [1.54, 1.807) is 17.5 Å². The Labute approximate surface area is 272 Å². The summed E-state index contributed by atoms with van der Waals surface area (Å²) in [6.07, 6.45) is 7.13. The molecule has 6 heterocycles. The molecular weight excluding hydrogens is 613 g/mol. The van der Waals surface area contributed by atoms with Crippen LogP contribution in [0.3, 0.4) is 0 Å². The number of pyridine rings is 2. The van der Waals surface area contributed by atoms with Crippen molar-refractivity contribution in [1.82, 2.24) is 39.5 Å². The van der Waals surface area contributed by atoms with Gasteiger partial charge in [-0.05, 0) is 50.2 Å². The Balaban J connectivity index is 0.000000147. The van der Waals surface area contributed by atoms with Gasteiger partial charge in [0.1, 0.15) is 10.0 Å². The van der Waals surface area contributed by atoms with Crippen LogP contribution in [-0.4, -0.2) is 39.5 Å². The molecule has 2 aromatic carbocycles. The van der Waals surface area contributed by atoms with E-state index in [1.165, 1.54) is 11.3 Å². The smallest absolute Gasteiger partial charge is 0.260 e. The third-order valence-corrected chi connectivity index (χ3v) is 9.18. The van der Waals surface area contributed by atoms with Crippen molar-refractivity contribution in [2.45, 2.75) is 20.4 Å². The average Bonchev–Trinajstić information content (AvgIpc) is 3.90. The van der Waals surface area contributed by atoms with E-state index >= 15 is 0 Å². The Morgan fingerprint density at radius 3 is 1.72 bits per heavy atom. The Kier molecular flexibility index (Phi) is 7.86. The van der Waals surface area contributed by atoms with E-state index in [2.05, 4.69) is 53.2 Å². The number of nitrogens with two attached hydrogens (primary N) is 1. The molecule has 10 nitrogen and oxygen atoms in total. The highest BCUT2D eigenvalue weighted by molar-refractivity contribution is 7.19. The largest absolute Gasteiger partial charge is 0.326 e. The quantitative estimate of drug-likeness (QED) is 0.192. The molecule has 0 saturated heterocycles. The molecule has 0 unspecified atom stereocenters. The summed E-state index contributed by atoms with van der Waals surface area (Å²) in [5.41, 5.74) is 11.6. The van der Waals surface area contributed by atoms with Gasteiger partial charge in [-0.1, -0.05) is 36.4 Å². The third-order valence-electron chi connectivity index (χ3n) is 7.18. The van der Waals surface area contributed by atoms with Gasteiger partial charge in [-0.25, -0.2) is 29.2 Å². The number of hydrogen-bond donors (Lipinski definition) is 1. The average molecular weight is 639 g/mol. The summed E-state index contributed by atoms with van der Waals surface area (Å²) < 4.78 is 3.69. The minimum absolute atomic E-state index is 0.519. The number of nitrogens with zero attached hydrogens (tertiary/aromatic N) is 9. The van der Waals surface area contributed by atoms with Crippen molar-refractivity contribution in [2.24, 2.45) is 5.73 Å². The fraction of sp³-hybridized carbons (Fsp3) is 0.0882. The Morgan fingerprint density at radius 2 is 1.24 bits per heavy atom. The molecule has 0 aliphatic rings. The highest BCUT2D eigenvalue weighted by atomic mass is 32.1. The van der Waals surface area contributed by atoms with Gasteiger partial charge in [-0.3, -0.25) is 4.98 Å². The van der Waals surface area contributed by atoms with Crippen LogP contribution in [0.1, 0.15) is 16.3 Å². The predicted octanol–water partition coefficient (Wildman–Crippen LogP) is 7.71. The van der Waals surface area contributed by atoms with E-state index in [0.717, 1.165) is 70.8 Å². The fourth-order valence-electron chi connectivity index (χ4n) is 4.95. The molecule has 0 amide bonds. The van der Waals surface area contributed by atoms with Crippen LogP contribution in [0.15, 0.2) is 97.6 Å². The SMILES string of the molecule is Cc1cccc(-n2ncc3ccc(-c4ncc(CN)s4)cc32)n1.[C-]#[N+]c1cnc(-c2ccc3cnn(-c4cccc(C)n4)c3c2)s1. The van der Waals surface area contributed by atoms with Gasteiger partial charge in [-0.15, -0.1) is 22.7 Å². The van der Waals surface area contributed by atoms with Crippen molar-refractivity contribution < 1.29 is 0 Å². The van der Waals surface area contributed by atoms with Crippen LogP contribution in [-0.2, 0) is 6.54 Å². The zero-order valence-corrected chi connectivity index (χ0v) is 26.5. The molecule has 8 rings (SSSR count). The lowest BCUT2D eigenvalue weighted by Crippen LogP contribution is -1.99. The molecule has 2 N–H and O–H groups in total. The van der Waals surface area contributed by atoms with Gasteiger partial charge in [0.05, 0.1) is 30.0 Å². The summed E-state index contributed by atoms with van der Waals surface area (Å²) in [7, 11) is 0. The molecule has 6 aromatic heterocycles. The van der Waals surface area contributed by atoms with Crippen LogP contribution in [0.2, 0.25) is 0 Å². The first kappa shape index (κ1) is 29.1. The summed E-state index contributed by atoms with van der Waals surface area (Å²) in [5.74, 6) is 1.61. The number of thiazole rings is 2. The van der Waals surface area contributed by atoms with Crippen molar-refractivity contribution in [3.63, 3.8) is 0 Å². The normalized spacial score (nSPS) is 11.0. The van der Waals surface area contributed by atoms with Crippen LogP contribution in [0, 0.1) is 20.4 Å². The lowest BCUT2D eigenvalue weighted by atomic mass is 10.2. The first-order chi connectivity index (χ1) is 22.5. The van der Waals surface area contributed by atoms with E-state index in [0.29, 0.717) is 11.5 Å². The van der Waals surface area contributed by atoms with Crippen LogP contribution in [0.4, 0.5) is 5.00 Å². The van der Waals surface area contributed by atoms with Crippen LogP contribution >= 0.6 is 22.7 Å². The van der Waals surface area contributed by atoms with Gasteiger partial charge in [0.2, 0.25) is 0 Å². The minimum Gasteiger partial charge on any atom is -0.326 e. The van der Waals surface area contributed by atoms with Gasteiger partial charge < -0.3 is 5.73 Å². The van der Waals surface area contributed by atoms with E-state index in [9.17, 15) is 0 Å². The molecule has 46 heavy (non-hydrogen) atoms. The zero-order valence-electron chi connectivity index (χ0n) is 24.9. The highest BCUT2D eigenvalue weighted by Crippen LogP contribution is 2.32. The minimum atomic E-state index is 0.519. The zero-order chi connectivity index (χ0) is 31.6. The van der Waals surface area contributed by atoms with Crippen molar-refractivity contribution in [3.05, 3.63) is 125 Å². The molecule has 0 aliphatic heterocycles. The number of rotatable bonds is 5. The molecule has 8 aromatic rings. The monoisotopic (exact) mass is 638 g/mol. The third kappa shape index (κ3) is 5.78. The molecule has 0 spiro atoms. The second-order valence-corrected chi connectivity index (χ2v) is 12.5. The molecule has 0 atom stereocenters. The fourth-order valence-corrected chi connectivity index (χ4v) is 6.43. The maximum atomic E-state index is 7.07. The van der Waals surface area contributed by atoms with Gasteiger partial charge in [0.25, 0.3) is 5.00 Å². The molecule has 224 valence electrons. The summed E-state index contributed by atoms with van der Waals surface area (Å²) in [6.45, 7) is 11.5. The number of benzene rings is 2. The second kappa shape index (κ2) is 12.4. The number of fused-ring (bicyclic) bond motifs is 2. The molecular formula is C34H26N10S2. The lowest BCUT2D eigenvalue weighted by Gasteiger charge is -2.04. The summed E-state index contributed by atoms with van der Waals surface area (Å²) in [6, 6.07) is 24.1. The van der Waals surface area contributed by atoms with Crippen molar-refractivity contribution in [3.8, 4) is 32.8 Å². The molecule has 0 aliphatic carbocycles. The molecule has 0 saturated carbocycles. The van der Waals surface area contributed by atoms with E-state index in [4.69, 9.17) is 12.3 Å². The first-order valence-corrected chi connectivity index (χ1v) is 15.9. The summed E-state index contributed by atoms with van der Waals surface area (Å²) in [4.78, 5) is 22.4. The lowest BCUT2D eigenvalue weighted by molar-refractivity contribution is 0.867. The van der Waals surface area contributed by atoms with Gasteiger partial charge in [0.15, 0.2) is 11.6 Å². The van der Waals surface area contributed by atoms with Crippen LogP contribution in [0.25, 0.3) is 59.4 Å². The Morgan fingerprint density at radius 1 is 0.696 bits per heavy atom. The van der Waals surface area contributed by atoms with E-state index in [-0.39, 0.29) is 0 Å². The topological polar surface area (TPSA) is 118 Å². The molecule has 0 fully saturated rings. The second-order valence-electron chi connectivity index (χ2n) is 10.4. The summed E-state index contributed by atoms with van der Waals surface area (Å²) in [5, 5.41) is 13.4. The van der Waals surface area contributed by atoms with Crippen molar-refractivity contribution in [2.75, 3.05) is 0 Å². The maximum Gasteiger partial charge on any atom is 0.260 e. The van der Waals surface area contributed by atoms with Gasteiger partial charge >= 0.3 is 0 Å². The standard InChI is InChI=1S/C17H11N5S.C17H15N5S/c1-11-4-3-5-15(21-11)22-14-8-12(6-7-13(14)9-20-22)17-19-10-16(18-2)23-17;1-11-3-2-4-16(21-11)22-15-7-12(5-6-13(15)9-20-22)17-19-10-14(8-18)23-17/h3-10H,1H3;2-7,9-10H,8,18H2,1H3. The Hall–Kier alpha value is -5.61. The number of aromatic nitrogens is 8. The number of aryl methyl sites for hydroxylation is 2. The van der Waals surface area contributed by atoms with Crippen LogP contribution < -0.4 is 5.73 Å². The van der Waals surface area contributed by atoms with Crippen molar-refractivity contribution in [1.29, 1.82) is 0 Å². The molecule has 0 bridgehead atoms. The van der Waals surface area contributed by atoms with Gasteiger partial charge in [-0.2, -0.15) is 10.2 Å². The van der Waals surface area contributed by atoms with Gasteiger partial charge in [0, 0.05) is 57.1 Å². The Bertz CT molecular complexity index is 2370. The predicted molar refractivity (Wildman–Crippen MR) is 184 cm³/mol. The molecule has 12 heteroatoms. The summed E-state index contributed by atoms with van der Waals surface area (Å²) >= 11 is 3.01. The van der Waals surface area contributed by atoms with E-state index < -0.39 is 0 Å². The number of hydrogen-bond acceptors (Lipinski definition) is 9. The first-order valence-electron chi connectivity index (χ1n) is 14.3. The molecule has 0 radical (unpaired) electrons. The highest BCUT2D eigenvalue weighted by Gasteiger charge is 2.12. The van der Waals surface area contributed by atoms with Crippen molar-refractivity contribution >= 4 is 49.5 Å².